The molecular weight excluding hydrogens is 264 g/mol. The summed E-state index contributed by atoms with van der Waals surface area (Å²) in [7, 11) is 1.88. The van der Waals surface area contributed by atoms with Gasteiger partial charge >= 0.3 is 0 Å². The Morgan fingerprint density at radius 3 is 2.79 bits per heavy atom. The topological polar surface area (TPSA) is 81.7 Å². The summed E-state index contributed by atoms with van der Waals surface area (Å²) in [5.74, 6) is 5.60. The van der Waals surface area contributed by atoms with Crippen molar-refractivity contribution in [2.45, 2.75) is 25.8 Å². The predicted molar refractivity (Wildman–Crippen MR) is 73.4 cm³/mol. The summed E-state index contributed by atoms with van der Waals surface area (Å²) >= 11 is 6.33. The zero-order valence-corrected chi connectivity index (χ0v) is 11.7. The van der Waals surface area contributed by atoms with Gasteiger partial charge in [-0.25, -0.2) is 0 Å². The number of aromatic nitrogens is 4. The molecule has 1 atom stereocenters. The van der Waals surface area contributed by atoms with E-state index in [1.807, 2.05) is 14.0 Å². The smallest absolute Gasteiger partial charge is 0.0850 e. The first-order valence-corrected chi connectivity index (χ1v) is 6.47. The van der Waals surface area contributed by atoms with Gasteiger partial charge in [-0.15, -0.1) is 0 Å². The molecule has 102 valence electrons. The van der Waals surface area contributed by atoms with Crippen molar-refractivity contribution in [3.05, 3.63) is 40.7 Å². The first-order valence-electron chi connectivity index (χ1n) is 6.09. The van der Waals surface area contributed by atoms with Gasteiger partial charge in [0.2, 0.25) is 0 Å². The maximum Gasteiger partial charge on any atom is 0.0850 e. The van der Waals surface area contributed by atoms with Crippen molar-refractivity contribution in [2.75, 3.05) is 0 Å². The van der Waals surface area contributed by atoms with Gasteiger partial charge in [0.05, 0.1) is 34.3 Å². The highest BCUT2D eigenvalue weighted by molar-refractivity contribution is 6.31. The molecule has 0 saturated carbocycles. The van der Waals surface area contributed by atoms with Crippen molar-refractivity contribution in [2.24, 2.45) is 12.9 Å². The largest absolute Gasteiger partial charge is 0.271 e. The molecule has 0 spiro atoms. The fraction of sp³-hybridized carbons (Fsp3) is 0.417. The first-order chi connectivity index (χ1) is 9.17. The van der Waals surface area contributed by atoms with E-state index in [0.717, 1.165) is 23.5 Å². The number of nitrogens with zero attached hydrogens (tertiary/aromatic N) is 4. The van der Waals surface area contributed by atoms with Crippen LogP contribution in [0.15, 0.2) is 18.6 Å². The van der Waals surface area contributed by atoms with Crippen molar-refractivity contribution in [3.8, 4) is 0 Å². The standard InChI is InChI=1S/C12H17ClN6/c1-3-8-12(13)11(19(2)18-8)6-9(17-14)10-7-15-4-5-16-10/h4-5,7,9,17H,3,6,14H2,1-2H3. The van der Waals surface area contributed by atoms with Crippen LogP contribution in [0.4, 0.5) is 0 Å². The van der Waals surface area contributed by atoms with E-state index in [2.05, 4.69) is 20.5 Å². The lowest BCUT2D eigenvalue weighted by molar-refractivity contribution is 0.516. The molecule has 6 nitrogen and oxygen atoms in total. The lowest BCUT2D eigenvalue weighted by Gasteiger charge is -2.15. The van der Waals surface area contributed by atoms with Crippen molar-refractivity contribution < 1.29 is 0 Å². The average molecular weight is 281 g/mol. The second-order valence-corrected chi connectivity index (χ2v) is 4.62. The summed E-state index contributed by atoms with van der Waals surface area (Å²) in [5.41, 5.74) is 5.36. The molecule has 2 heterocycles. The quantitative estimate of drug-likeness (QED) is 0.635. The zero-order chi connectivity index (χ0) is 13.8. The second-order valence-electron chi connectivity index (χ2n) is 4.24. The molecule has 0 aliphatic heterocycles. The molecule has 0 aromatic carbocycles. The Kier molecular flexibility index (Phi) is 4.47. The van der Waals surface area contributed by atoms with E-state index in [1.165, 1.54) is 0 Å². The SMILES string of the molecule is CCc1nn(C)c(CC(NN)c2cnccn2)c1Cl. The molecule has 2 rings (SSSR count). The van der Waals surface area contributed by atoms with E-state index in [0.29, 0.717) is 11.4 Å². The summed E-state index contributed by atoms with van der Waals surface area (Å²) in [5, 5.41) is 5.09. The first kappa shape index (κ1) is 13.9. The maximum atomic E-state index is 6.33. The average Bonchev–Trinajstić information content (AvgIpc) is 2.72. The van der Waals surface area contributed by atoms with E-state index >= 15 is 0 Å². The summed E-state index contributed by atoms with van der Waals surface area (Å²) in [6, 6.07) is -0.147. The van der Waals surface area contributed by atoms with Crippen LogP contribution in [-0.4, -0.2) is 19.7 Å². The third-order valence-corrected chi connectivity index (χ3v) is 3.48. The molecule has 0 aliphatic rings. The van der Waals surface area contributed by atoms with Gasteiger partial charge in [-0.2, -0.15) is 5.10 Å². The molecule has 3 N–H and O–H groups in total. The minimum Gasteiger partial charge on any atom is -0.271 e. The molecule has 19 heavy (non-hydrogen) atoms. The highest BCUT2D eigenvalue weighted by atomic mass is 35.5. The van der Waals surface area contributed by atoms with E-state index in [4.69, 9.17) is 17.4 Å². The number of nitrogens with one attached hydrogen (secondary N) is 1. The van der Waals surface area contributed by atoms with Crippen molar-refractivity contribution in [1.29, 1.82) is 0 Å². The Bertz CT molecular complexity index is 539. The Morgan fingerprint density at radius 1 is 1.47 bits per heavy atom. The number of aryl methyl sites for hydroxylation is 2. The fourth-order valence-electron chi connectivity index (χ4n) is 1.97. The summed E-state index contributed by atoms with van der Waals surface area (Å²) in [6.45, 7) is 2.03. The van der Waals surface area contributed by atoms with E-state index in [9.17, 15) is 0 Å². The molecule has 2 aromatic heterocycles. The number of halogens is 1. The van der Waals surface area contributed by atoms with Gasteiger partial charge in [0.1, 0.15) is 0 Å². The van der Waals surface area contributed by atoms with Crippen molar-refractivity contribution >= 4 is 11.6 Å². The molecule has 0 bridgehead atoms. The van der Waals surface area contributed by atoms with E-state index < -0.39 is 0 Å². The van der Waals surface area contributed by atoms with E-state index in [1.54, 1.807) is 23.3 Å². The number of hydrogen-bond acceptors (Lipinski definition) is 5. The molecule has 2 aromatic rings. The second kappa shape index (κ2) is 6.10. The molecule has 0 amide bonds. The number of hydrazine groups is 1. The van der Waals surface area contributed by atoms with Crippen LogP contribution in [0.25, 0.3) is 0 Å². The molecule has 0 radical (unpaired) electrons. The van der Waals surface area contributed by atoms with Crippen LogP contribution in [0, 0.1) is 0 Å². The maximum absolute atomic E-state index is 6.33. The highest BCUT2D eigenvalue weighted by Gasteiger charge is 2.19. The normalized spacial score (nSPS) is 12.6. The van der Waals surface area contributed by atoms with Gasteiger partial charge in [-0.3, -0.25) is 25.9 Å². The minimum atomic E-state index is -0.147. The Hall–Kier alpha value is -1.50. The zero-order valence-electron chi connectivity index (χ0n) is 11.0. The van der Waals surface area contributed by atoms with Gasteiger partial charge in [0.15, 0.2) is 0 Å². The van der Waals surface area contributed by atoms with Crippen LogP contribution in [0.3, 0.4) is 0 Å². The van der Waals surface area contributed by atoms with Gasteiger partial charge < -0.3 is 0 Å². The van der Waals surface area contributed by atoms with Gasteiger partial charge in [-0.05, 0) is 6.42 Å². The lowest BCUT2D eigenvalue weighted by Crippen LogP contribution is -2.31. The monoisotopic (exact) mass is 280 g/mol. The number of hydrogen-bond donors (Lipinski definition) is 2. The Labute approximate surface area is 117 Å². The summed E-state index contributed by atoms with van der Waals surface area (Å²) < 4.78 is 1.79. The molecule has 1 unspecified atom stereocenters. The summed E-state index contributed by atoms with van der Waals surface area (Å²) in [6.07, 6.45) is 6.37. The van der Waals surface area contributed by atoms with Crippen molar-refractivity contribution in [1.82, 2.24) is 25.2 Å². The van der Waals surface area contributed by atoms with Crippen LogP contribution in [-0.2, 0) is 19.9 Å². The van der Waals surface area contributed by atoms with Crippen molar-refractivity contribution in [3.63, 3.8) is 0 Å². The minimum absolute atomic E-state index is 0.147. The third kappa shape index (κ3) is 2.91. The van der Waals surface area contributed by atoms with E-state index in [-0.39, 0.29) is 6.04 Å². The van der Waals surface area contributed by atoms with Crippen LogP contribution in [0.1, 0.15) is 30.0 Å². The predicted octanol–water partition coefficient (Wildman–Crippen LogP) is 1.17. The van der Waals surface area contributed by atoms with Gasteiger partial charge in [-0.1, -0.05) is 18.5 Å². The van der Waals surface area contributed by atoms with Crippen LogP contribution in [0.2, 0.25) is 5.02 Å². The van der Waals surface area contributed by atoms with Gasteiger partial charge in [0, 0.05) is 25.9 Å². The highest BCUT2D eigenvalue weighted by Crippen LogP contribution is 2.25. The molecule has 0 aliphatic carbocycles. The lowest BCUT2D eigenvalue weighted by atomic mass is 10.1. The Balaban J connectivity index is 2.26. The summed E-state index contributed by atoms with van der Waals surface area (Å²) in [4.78, 5) is 8.30. The van der Waals surface area contributed by atoms with Gasteiger partial charge in [0.25, 0.3) is 0 Å². The number of nitrogens with two attached hydrogens (primary N) is 1. The molecule has 0 fully saturated rings. The fourth-order valence-corrected chi connectivity index (χ4v) is 2.35. The number of rotatable bonds is 5. The van der Waals surface area contributed by atoms with Crippen LogP contribution >= 0.6 is 11.6 Å². The Morgan fingerprint density at radius 2 is 2.26 bits per heavy atom. The van der Waals surface area contributed by atoms with Crippen LogP contribution < -0.4 is 11.3 Å². The third-order valence-electron chi connectivity index (χ3n) is 3.04. The molecular formula is C12H17ClN6. The van der Waals surface area contributed by atoms with Crippen LogP contribution in [0.5, 0.6) is 0 Å². The molecule has 0 saturated heterocycles. The molecule has 7 heteroatoms.